The Morgan fingerprint density at radius 3 is 2.50 bits per heavy atom. The third kappa shape index (κ3) is 8.08. The molecular weight excluding hydrogens is 421 g/mol. The standard InChI is InChI=1S/C19H23ClFN3O2S2/c1-22-19(23-9-10-27-18-7-4-16(20)5-8-18)24-12-15-11-17(21)6-3-14(15)13-28(2,25)26/h3-8,11H,9-10,12-13H2,1-2H3,(H2,22,23,24). The van der Waals surface area contributed by atoms with Gasteiger partial charge in [-0.3, -0.25) is 4.99 Å². The van der Waals surface area contributed by atoms with Crippen molar-refractivity contribution in [3.63, 3.8) is 0 Å². The largest absolute Gasteiger partial charge is 0.356 e. The Labute approximate surface area is 174 Å². The molecule has 5 nitrogen and oxygen atoms in total. The van der Waals surface area contributed by atoms with Gasteiger partial charge in [0.05, 0.1) is 5.75 Å². The smallest absolute Gasteiger partial charge is 0.191 e. The summed E-state index contributed by atoms with van der Waals surface area (Å²) in [6.07, 6.45) is 1.16. The lowest BCUT2D eigenvalue weighted by molar-refractivity contribution is 0.599. The van der Waals surface area contributed by atoms with Gasteiger partial charge in [-0.15, -0.1) is 11.8 Å². The summed E-state index contributed by atoms with van der Waals surface area (Å²) in [5.41, 5.74) is 1.16. The predicted molar refractivity (Wildman–Crippen MR) is 115 cm³/mol. The number of hydrogen-bond acceptors (Lipinski definition) is 4. The average molecular weight is 444 g/mol. The summed E-state index contributed by atoms with van der Waals surface area (Å²) < 4.78 is 36.8. The molecule has 0 radical (unpaired) electrons. The van der Waals surface area contributed by atoms with Crippen molar-refractivity contribution in [2.24, 2.45) is 4.99 Å². The van der Waals surface area contributed by atoms with Gasteiger partial charge < -0.3 is 10.6 Å². The Morgan fingerprint density at radius 1 is 1.14 bits per heavy atom. The quantitative estimate of drug-likeness (QED) is 0.283. The summed E-state index contributed by atoms with van der Waals surface area (Å²) in [5.74, 6) is 0.845. The molecule has 0 aliphatic rings. The molecule has 9 heteroatoms. The van der Waals surface area contributed by atoms with Crippen molar-refractivity contribution in [2.45, 2.75) is 17.2 Å². The minimum atomic E-state index is -3.21. The Balaban J connectivity index is 1.86. The van der Waals surface area contributed by atoms with Gasteiger partial charge >= 0.3 is 0 Å². The first-order chi connectivity index (χ1) is 13.3. The highest BCUT2D eigenvalue weighted by molar-refractivity contribution is 7.99. The minimum Gasteiger partial charge on any atom is -0.356 e. The lowest BCUT2D eigenvalue weighted by Gasteiger charge is -2.14. The van der Waals surface area contributed by atoms with Crippen molar-refractivity contribution in [3.05, 3.63) is 64.4 Å². The number of sulfone groups is 1. The molecule has 2 N–H and O–H groups in total. The molecule has 0 amide bonds. The first-order valence-corrected chi connectivity index (χ1v) is 12.0. The number of guanidine groups is 1. The highest BCUT2D eigenvalue weighted by Gasteiger charge is 2.11. The van der Waals surface area contributed by atoms with E-state index in [1.54, 1.807) is 18.8 Å². The van der Waals surface area contributed by atoms with Crippen LogP contribution in [0.1, 0.15) is 11.1 Å². The van der Waals surface area contributed by atoms with Crippen LogP contribution in [0.4, 0.5) is 4.39 Å². The number of nitrogens with zero attached hydrogens (tertiary/aromatic N) is 1. The third-order valence-electron chi connectivity index (χ3n) is 3.73. The van der Waals surface area contributed by atoms with E-state index in [0.29, 0.717) is 28.7 Å². The van der Waals surface area contributed by atoms with Crippen LogP contribution in [0.3, 0.4) is 0 Å². The molecule has 0 bridgehead atoms. The highest BCUT2D eigenvalue weighted by atomic mass is 35.5. The molecule has 0 fully saturated rings. The molecule has 0 unspecified atom stereocenters. The van der Waals surface area contributed by atoms with Gasteiger partial charge in [-0.25, -0.2) is 12.8 Å². The van der Waals surface area contributed by atoms with E-state index >= 15 is 0 Å². The van der Waals surface area contributed by atoms with Crippen LogP contribution in [-0.2, 0) is 22.1 Å². The lowest BCUT2D eigenvalue weighted by Crippen LogP contribution is -2.38. The zero-order valence-electron chi connectivity index (χ0n) is 15.7. The van der Waals surface area contributed by atoms with Crippen LogP contribution in [0.2, 0.25) is 5.02 Å². The van der Waals surface area contributed by atoms with Gasteiger partial charge in [-0.2, -0.15) is 0 Å². The molecule has 0 heterocycles. The van der Waals surface area contributed by atoms with Gasteiger partial charge in [0.2, 0.25) is 0 Å². The normalized spacial score (nSPS) is 12.1. The maximum absolute atomic E-state index is 13.6. The van der Waals surface area contributed by atoms with Crippen molar-refractivity contribution in [1.82, 2.24) is 10.6 Å². The second-order valence-electron chi connectivity index (χ2n) is 6.14. The fraction of sp³-hybridized carbons (Fsp3) is 0.316. The van der Waals surface area contributed by atoms with Gasteiger partial charge in [-0.1, -0.05) is 17.7 Å². The van der Waals surface area contributed by atoms with Gasteiger partial charge in [-0.05, 0) is 47.5 Å². The number of thioether (sulfide) groups is 1. The van der Waals surface area contributed by atoms with E-state index < -0.39 is 15.7 Å². The number of benzene rings is 2. The van der Waals surface area contributed by atoms with Crippen LogP contribution in [-0.4, -0.2) is 40.0 Å². The molecule has 2 aromatic carbocycles. The van der Waals surface area contributed by atoms with Crippen LogP contribution in [0.5, 0.6) is 0 Å². The molecule has 0 saturated heterocycles. The topological polar surface area (TPSA) is 70.6 Å². The summed E-state index contributed by atoms with van der Waals surface area (Å²) in [7, 11) is -1.57. The van der Waals surface area contributed by atoms with Gasteiger partial charge in [0, 0.05) is 42.1 Å². The van der Waals surface area contributed by atoms with Crippen molar-refractivity contribution >= 4 is 39.2 Å². The number of rotatable bonds is 8. The molecule has 152 valence electrons. The number of nitrogens with one attached hydrogen (secondary N) is 2. The zero-order chi connectivity index (χ0) is 20.6. The molecule has 0 aromatic heterocycles. The average Bonchev–Trinajstić information content (AvgIpc) is 2.63. The van der Waals surface area contributed by atoms with Crippen molar-refractivity contribution in [1.29, 1.82) is 0 Å². The Morgan fingerprint density at radius 2 is 1.86 bits per heavy atom. The van der Waals surface area contributed by atoms with E-state index in [2.05, 4.69) is 15.6 Å². The highest BCUT2D eigenvalue weighted by Crippen LogP contribution is 2.19. The summed E-state index contributed by atoms with van der Waals surface area (Å²) in [6.45, 7) is 0.943. The Bertz CT molecular complexity index is 919. The predicted octanol–water partition coefficient (Wildman–Crippen LogP) is 3.48. The fourth-order valence-electron chi connectivity index (χ4n) is 2.45. The number of halogens is 2. The molecule has 0 atom stereocenters. The monoisotopic (exact) mass is 443 g/mol. The second kappa shape index (κ2) is 10.7. The SMILES string of the molecule is CN=C(NCCSc1ccc(Cl)cc1)NCc1cc(F)ccc1CS(C)(=O)=O. The van der Waals surface area contributed by atoms with Gasteiger partial charge in [0.1, 0.15) is 5.82 Å². The van der Waals surface area contributed by atoms with Gasteiger partial charge in [0.15, 0.2) is 15.8 Å². The van der Waals surface area contributed by atoms with Crippen molar-refractivity contribution < 1.29 is 12.8 Å². The van der Waals surface area contributed by atoms with Gasteiger partial charge in [0.25, 0.3) is 0 Å². The maximum atomic E-state index is 13.6. The summed E-state index contributed by atoms with van der Waals surface area (Å²) in [4.78, 5) is 5.27. The van der Waals surface area contributed by atoms with Crippen LogP contribution < -0.4 is 10.6 Å². The molecular formula is C19H23ClFN3O2S2. The van der Waals surface area contributed by atoms with Crippen LogP contribution >= 0.6 is 23.4 Å². The second-order valence-corrected chi connectivity index (χ2v) is 9.88. The van der Waals surface area contributed by atoms with E-state index in [1.165, 1.54) is 18.2 Å². The van der Waals surface area contributed by atoms with E-state index in [4.69, 9.17) is 11.6 Å². The van der Waals surface area contributed by atoms with E-state index in [1.807, 2.05) is 24.3 Å². The fourth-order valence-corrected chi connectivity index (χ4v) is 4.19. The summed E-state index contributed by atoms with van der Waals surface area (Å²) >= 11 is 7.56. The minimum absolute atomic E-state index is 0.131. The molecule has 28 heavy (non-hydrogen) atoms. The molecule has 0 aliphatic heterocycles. The third-order valence-corrected chi connectivity index (χ3v) is 5.83. The number of hydrogen-bond donors (Lipinski definition) is 2. The van der Waals surface area contributed by atoms with E-state index in [9.17, 15) is 12.8 Å². The molecule has 2 aromatic rings. The van der Waals surface area contributed by atoms with Crippen LogP contribution in [0.25, 0.3) is 0 Å². The first-order valence-electron chi connectivity index (χ1n) is 8.55. The molecule has 0 aliphatic carbocycles. The molecule has 0 saturated carbocycles. The van der Waals surface area contributed by atoms with Crippen molar-refractivity contribution in [2.75, 3.05) is 25.6 Å². The lowest BCUT2D eigenvalue weighted by atomic mass is 10.1. The molecule has 2 rings (SSSR count). The first kappa shape index (κ1) is 22.5. The Kier molecular flexibility index (Phi) is 8.59. The molecule has 0 spiro atoms. The maximum Gasteiger partial charge on any atom is 0.191 e. The van der Waals surface area contributed by atoms with Crippen LogP contribution in [0, 0.1) is 5.82 Å². The summed E-state index contributed by atoms with van der Waals surface area (Å²) in [5, 5.41) is 6.99. The van der Waals surface area contributed by atoms with E-state index in [-0.39, 0.29) is 12.3 Å². The number of aliphatic imine (C=N–C) groups is 1. The van der Waals surface area contributed by atoms with Crippen molar-refractivity contribution in [3.8, 4) is 0 Å². The summed E-state index contributed by atoms with van der Waals surface area (Å²) in [6, 6.07) is 11.8. The Hall–Kier alpha value is -1.77. The zero-order valence-corrected chi connectivity index (χ0v) is 18.1. The van der Waals surface area contributed by atoms with E-state index in [0.717, 1.165) is 16.9 Å². The van der Waals surface area contributed by atoms with Crippen LogP contribution in [0.15, 0.2) is 52.4 Å².